The molecule has 17 heavy (non-hydrogen) atoms. The van der Waals surface area contributed by atoms with Gasteiger partial charge in [-0.15, -0.1) is 11.3 Å². The maximum Gasteiger partial charge on any atom is 0.107 e. The van der Waals surface area contributed by atoms with Gasteiger partial charge in [-0.2, -0.15) is 0 Å². The van der Waals surface area contributed by atoms with Crippen LogP contribution in [-0.4, -0.2) is 29.0 Å². The van der Waals surface area contributed by atoms with Gasteiger partial charge >= 0.3 is 0 Å². The van der Waals surface area contributed by atoms with Crippen molar-refractivity contribution in [1.82, 2.24) is 15.2 Å². The normalized spacial score (nSPS) is 21.9. The monoisotopic (exact) mass is 253 g/mol. The van der Waals surface area contributed by atoms with E-state index in [1.165, 1.54) is 36.5 Å². The molecule has 4 heteroatoms. The van der Waals surface area contributed by atoms with E-state index in [1.54, 1.807) is 11.3 Å². The van der Waals surface area contributed by atoms with Crippen molar-refractivity contribution < 1.29 is 0 Å². The minimum atomic E-state index is 0.727. The Hall–Kier alpha value is -0.450. The number of hydrogen-bond donors (Lipinski definition) is 1. The second-order valence-electron chi connectivity index (χ2n) is 4.83. The maximum absolute atomic E-state index is 4.69. The fourth-order valence-electron chi connectivity index (χ4n) is 2.32. The summed E-state index contributed by atoms with van der Waals surface area (Å²) in [5.74, 6) is 0. The molecule has 1 unspecified atom stereocenters. The highest BCUT2D eigenvalue weighted by Gasteiger charge is 2.19. The van der Waals surface area contributed by atoms with Gasteiger partial charge in [0.15, 0.2) is 0 Å². The molecule has 0 aliphatic carbocycles. The minimum absolute atomic E-state index is 0.727. The standard InChI is InChI=1S/C13H23N3S/c1-3-14-8-12-10-17-13(15-12)9-16-7-5-4-6-11(16)2/h10-11,14H,3-9H2,1-2H3. The summed E-state index contributed by atoms with van der Waals surface area (Å²) in [6, 6.07) is 0.727. The molecule has 1 N–H and O–H groups in total. The van der Waals surface area contributed by atoms with Crippen LogP contribution in [0.15, 0.2) is 5.38 Å². The van der Waals surface area contributed by atoms with Crippen molar-refractivity contribution in [2.24, 2.45) is 0 Å². The lowest BCUT2D eigenvalue weighted by atomic mass is 10.0. The molecule has 0 radical (unpaired) electrons. The first-order chi connectivity index (χ1) is 8.29. The first-order valence-electron chi connectivity index (χ1n) is 6.67. The molecule has 1 saturated heterocycles. The van der Waals surface area contributed by atoms with Gasteiger partial charge in [-0.05, 0) is 32.9 Å². The Kier molecular flexibility index (Phi) is 4.95. The zero-order valence-corrected chi connectivity index (χ0v) is 11.7. The number of likely N-dealkylation sites (tertiary alicyclic amines) is 1. The zero-order chi connectivity index (χ0) is 12.1. The van der Waals surface area contributed by atoms with E-state index in [9.17, 15) is 0 Å². The number of hydrogen-bond acceptors (Lipinski definition) is 4. The van der Waals surface area contributed by atoms with Crippen LogP contribution in [0.2, 0.25) is 0 Å². The molecule has 0 bridgehead atoms. The van der Waals surface area contributed by atoms with E-state index in [1.807, 2.05) is 0 Å². The summed E-state index contributed by atoms with van der Waals surface area (Å²) in [6.07, 6.45) is 4.08. The van der Waals surface area contributed by atoms with Gasteiger partial charge < -0.3 is 5.32 Å². The molecule has 1 fully saturated rings. The molecule has 2 heterocycles. The fraction of sp³-hybridized carbons (Fsp3) is 0.769. The van der Waals surface area contributed by atoms with Crippen molar-refractivity contribution in [1.29, 1.82) is 0 Å². The number of nitrogens with one attached hydrogen (secondary N) is 1. The van der Waals surface area contributed by atoms with E-state index in [4.69, 9.17) is 4.98 Å². The van der Waals surface area contributed by atoms with Crippen LogP contribution in [0.1, 0.15) is 43.8 Å². The third-order valence-electron chi connectivity index (χ3n) is 3.43. The predicted octanol–water partition coefficient (Wildman–Crippen LogP) is 2.63. The average molecular weight is 253 g/mol. The molecular weight excluding hydrogens is 230 g/mol. The summed E-state index contributed by atoms with van der Waals surface area (Å²) in [7, 11) is 0. The molecule has 3 nitrogen and oxygen atoms in total. The SMILES string of the molecule is CCNCc1csc(CN2CCCCC2C)n1. The summed E-state index contributed by atoms with van der Waals surface area (Å²) in [5, 5.41) is 6.78. The molecule has 1 aliphatic rings. The molecule has 0 aromatic carbocycles. The van der Waals surface area contributed by atoms with E-state index in [-0.39, 0.29) is 0 Å². The summed E-state index contributed by atoms with van der Waals surface area (Å²) in [4.78, 5) is 7.26. The van der Waals surface area contributed by atoms with Crippen molar-refractivity contribution >= 4 is 11.3 Å². The topological polar surface area (TPSA) is 28.2 Å². The molecule has 0 amide bonds. The van der Waals surface area contributed by atoms with Crippen molar-refractivity contribution in [2.75, 3.05) is 13.1 Å². The van der Waals surface area contributed by atoms with Crippen LogP contribution < -0.4 is 5.32 Å². The number of rotatable bonds is 5. The van der Waals surface area contributed by atoms with E-state index in [0.29, 0.717) is 0 Å². The maximum atomic E-state index is 4.69. The van der Waals surface area contributed by atoms with Crippen LogP contribution in [0.5, 0.6) is 0 Å². The fourth-order valence-corrected chi connectivity index (χ4v) is 3.14. The van der Waals surface area contributed by atoms with Crippen LogP contribution in [0.3, 0.4) is 0 Å². The van der Waals surface area contributed by atoms with Crippen LogP contribution in [0, 0.1) is 0 Å². The van der Waals surface area contributed by atoms with Gasteiger partial charge in [0.25, 0.3) is 0 Å². The average Bonchev–Trinajstić information content (AvgIpc) is 2.77. The van der Waals surface area contributed by atoms with Gasteiger partial charge in [0.2, 0.25) is 0 Å². The van der Waals surface area contributed by atoms with Crippen LogP contribution in [0.25, 0.3) is 0 Å². The first kappa shape index (κ1) is 13.0. The number of nitrogens with zero attached hydrogens (tertiary/aromatic N) is 2. The molecule has 1 aromatic rings. The van der Waals surface area contributed by atoms with Gasteiger partial charge in [0, 0.05) is 18.0 Å². The minimum Gasteiger partial charge on any atom is -0.311 e. The molecule has 96 valence electrons. The van der Waals surface area contributed by atoms with Crippen LogP contribution >= 0.6 is 11.3 Å². The zero-order valence-electron chi connectivity index (χ0n) is 10.9. The Balaban J connectivity index is 1.87. The highest BCUT2D eigenvalue weighted by atomic mass is 32.1. The smallest absolute Gasteiger partial charge is 0.107 e. The third kappa shape index (κ3) is 3.76. The van der Waals surface area contributed by atoms with Gasteiger partial charge in [0.1, 0.15) is 5.01 Å². The molecule has 0 spiro atoms. The molecule has 1 atom stereocenters. The second-order valence-corrected chi connectivity index (χ2v) is 5.77. The second kappa shape index (κ2) is 6.47. The Morgan fingerprint density at radius 3 is 3.18 bits per heavy atom. The highest BCUT2D eigenvalue weighted by molar-refractivity contribution is 7.09. The van der Waals surface area contributed by atoms with Gasteiger partial charge in [0.05, 0.1) is 12.2 Å². The summed E-state index contributed by atoms with van der Waals surface area (Å²) >= 11 is 1.80. The van der Waals surface area contributed by atoms with Gasteiger partial charge in [-0.25, -0.2) is 4.98 Å². The molecule has 0 saturated carbocycles. The van der Waals surface area contributed by atoms with Crippen LogP contribution in [-0.2, 0) is 13.1 Å². The lowest BCUT2D eigenvalue weighted by Gasteiger charge is -2.32. The van der Waals surface area contributed by atoms with E-state index >= 15 is 0 Å². The molecule has 1 aromatic heterocycles. The highest BCUT2D eigenvalue weighted by Crippen LogP contribution is 2.20. The lowest BCUT2D eigenvalue weighted by Crippen LogP contribution is -2.36. The molecular formula is C13H23N3S. The molecule has 1 aliphatic heterocycles. The van der Waals surface area contributed by atoms with Crippen molar-refractivity contribution in [3.63, 3.8) is 0 Å². The Morgan fingerprint density at radius 2 is 2.41 bits per heavy atom. The summed E-state index contributed by atoms with van der Waals surface area (Å²) < 4.78 is 0. The van der Waals surface area contributed by atoms with E-state index < -0.39 is 0 Å². The predicted molar refractivity (Wildman–Crippen MR) is 73.2 cm³/mol. The van der Waals surface area contributed by atoms with Crippen LogP contribution in [0.4, 0.5) is 0 Å². The van der Waals surface area contributed by atoms with Crippen molar-refractivity contribution in [3.05, 3.63) is 16.1 Å². The quantitative estimate of drug-likeness (QED) is 0.874. The Morgan fingerprint density at radius 1 is 1.53 bits per heavy atom. The third-order valence-corrected chi connectivity index (χ3v) is 4.32. The Bertz CT molecular complexity index is 337. The lowest BCUT2D eigenvalue weighted by molar-refractivity contribution is 0.152. The first-order valence-corrected chi connectivity index (χ1v) is 7.55. The van der Waals surface area contributed by atoms with E-state index in [2.05, 4.69) is 29.4 Å². The number of aromatic nitrogens is 1. The summed E-state index contributed by atoms with van der Waals surface area (Å²) in [6.45, 7) is 8.66. The van der Waals surface area contributed by atoms with E-state index in [0.717, 1.165) is 25.7 Å². The van der Waals surface area contributed by atoms with Crippen molar-refractivity contribution in [3.8, 4) is 0 Å². The van der Waals surface area contributed by atoms with Gasteiger partial charge in [-0.1, -0.05) is 13.3 Å². The van der Waals surface area contributed by atoms with Gasteiger partial charge in [-0.3, -0.25) is 4.90 Å². The largest absolute Gasteiger partial charge is 0.311 e. The summed E-state index contributed by atoms with van der Waals surface area (Å²) in [5.41, 5.74) is 1.19. The number of piperidine rings is 1. The molecule has 2 rings (SSSR count). The number of thiazole rings is 1. The van der Waals surface area contributed by atoms with Crippen molar-refractivity contribution in [2.45, 2.75) is 52.2 Å². The Labute approximate surface area is 108 Å².